The molecule has 0 amide bonds. The number of hydrogen-bond donors (Lipinski definition) is 1. The van der Waals surface area contributed by atoms with Crippen LogP contribution in [0.15, 0.2) is 16.6 Å². The molecule has 3 rings (SSSR count). The van der Waals surface area contributed by atoms with Crippen LogP contribution in [0.2, 0.25) is 0 Å². The van der Waals surface area contributed by atoms with Crippen LogP contribution in [-0.4, -0.2) is 25.1 Å². The van der Waals surface area contributed by atoms with Crippen LogP contribution >= 0.6 is 15.9 Å². The molecule has 1 N–H and O–H groups in total. The zero-order valence-corrected chi connectivity index (χ0v) is 11.5. The van der Waals surface area contributed by atoms with E-state index in [1.165, 1.54) is 0 Å². The van der Waals surface area contributed by atoms with E-state index in [0.717, 1.165) is 41.8 Å². The number of hydrogen-bond acceptors (Lipinski definition) is 4. The van der Waals surface area contributed by atoms with Crippen LogP contribution in [-0.2, 0) is 4.74 Å². The minimum Gasteiger partial charge on any atom is -0.454 e. The van der Waals surface area contributed by atoms with E-state index in [1.54, 1.807) is 0 Å². The lowest BCUT2D eigenvalue weighted by molar-refractivity contribution is 0.00711. The molecule has 0 spiro atoms. The van der Waals surface area contributed by atoms with Gasteiger partial charge < -0.3 is 19.3 Å². The van der Waals surface area contributed by atoms with Gasteiger partial charge in [-0.2, -0.15) is 0 Å². The average molecular weight is 315 g/mol. The fraction of sp³-hybridized carbons (Fsp3) is 0.538. The zero-order chi connectivity index (χ0) is 12.5. The predicted molar refractivity (Wildman–Crippen MR) is 68.8 cm³/mol. The normalized spacial score (nSPS) is 21.0. The Kier molecular flexibility index (Phi) is 3.46. The van der Waals surface area contributed by atoms with E-state index < -0.39 is 6.10 Å². The minimum absolute atomic E-state index is 0.241. The molecule has 1 aromatic carbocycles. The molecule has 2 aliphatic heterocycles. The predicted octanol–water partition coefficient (Wildman–Crippen LogP) is 2.64. The quantitative estimate of drug-likeness (QED) is 0.911. The van der Waals surface area contributed by atoms with Crippen LogP contribution in [0, 0.1) is 5.92 Å². The number of rotatable bonds is 2. The Hall–Kier alpha value is -0.780. The molecule has 4 nitrogen and oxygen atoms in total. The van der Waals surface area contributed by atoms with Gasteiger partial charge in [-0.25, -0.2) is 0 Å². The van der Waals surface area contributed by atoms with Crippen molar-refractivity contribution in [3.63, 3.8) is 0 Å². The Morgan fingerprint density at radius 2 is 2.00 bits per heavy atom. The second-order valence-electron chi connectivity index (χ2n) is 4.63. The lowest BCUT2D eigenvalue weighted by atomic mass is 9.89. The molecular weight excluding hydrogens is 300 g/mol. The van der Waals surface area contributed by atoms with E-state index >= 15 is 0 Å². The molecule has 2 heterocycles. The Bertz CT molecular complexity index is 443. The molecule has 5 heteroatoms. The summed E-state index contributed by atoms with van der Waals surface area (Å²) in [6.45, 7) is 1.70. The van der Waals surface area contributed by atoms with Crippen LogP contribution in [0.25, 0.3) is 0 Å². The molecule has 2 aliphatic rings. The first-order valence-corrected chi connectivity index (χ1v) is 6.90. The van der Waals surface area contributed by atoms with Gasteiger partial charge in [0.15, 0.2) is 11.5 Å². The van der Waals surface area contributed by atoms with E-state index in [0.29, 0.717) is 5.75 Å². The standard InChI is InChI=1S/C13H15BrO4/c14-10-5-9(6-11-13(10)18-7-17-11)12(15)8-1-3-16-4-2-8/h5-6,8,12,15H,1-4,7H2. The largest absolute Gasteiger partial charge is 0.454 e. The first-order chi connectivity index (χ1) is 8.75. The summed E-state index contributed by atoms with van der Waals surface area (Å²) < 4.78 is 16.9. The van der Waals surface area contributed by atoms with E-state index in [1.807, 2.05) is 12.1 Å². The second kappa shape index (κ2) is 5.07. The molecule has 18 heavy (non-hydrogen) atoms. The maximum Gasteiger partial charge on any atom is 0.231 e. The van der Waals surface area contributed by atoms with E-state index in [9.17, 15) is 5.11 Å². The number of ether oxygens (including phenoxy) is 3. The molecule has 1 unspecified atom stereocenters. The molecule has 1 atom stereocenters. The molecule has 0 radical (unpaired) electrons. The summed E-state index contributed by atoms with van der Waals surface area (Å²) in [7, 11) is 0. The topological polar surface area (TPSA) is 47.9 Å². The second-order valence-corrected chi connectivity index (χ2v) is 5.49. The highest BCUT2D eigenvalue weighted by molar-refractivity contribution is 9.10. The van der Waals surface area contributed by atoms with Gasteiger partial charge in [0, 0.05) is 13.2 Å². The third-order valence-electron chi connectivity index (χ3n) is 3.50. The molecule has 1 fully saturated rings. The summed E-state index contributed by atoms with van der Waals surface area (Å²) in [5, 5.41) is 10.4. The van der Waals surface area contributed by atoms with Crippen molar-refractivity contribution in [2.24, 2.45) is 5.92 Å². The zero-order valence-electron chi connectivity index (χ0n) is 9.89. The summed E-state index contributed by atoms with van der Waals surface area (Å²) in [5.41, 5.74) is 0.873. The third kappa shape index (κ3) is 2.22. The van der Waals surface area contributed by atoms with Crippen molar-refractivity contribution in [3.05, 3.63) is 22.2 Å². The van der Waals surface area contributed by atoms with Crippen molar-refractivity contribution < 1.29 is 19.3 Å². The average Bonchev–Trinajstić information content (AvgIpc) is 2.88. The van der Waals surface area contributed by atoms with Crippen LogP contribution in [0.5, 0.6) is 11.5 Å². The molecule has 0 aromatic heterocycles. The van der Waals surface area contributed by atoms with Gasteiger partial charge in [-0.3, -0.25) is 0 Å². The van der Waals surface area contributed by atoms with Crippen molar-refractivity contribution in [2.75, 3.05) is 20.0 Å². The molecular formula is C13H15BrO4. The minimum atomic E-state index is -0.473. The van der Waals surface area contributed by atoms with Crippen molar-refractivity contribution in [2.45, 2.75) is 18.9 Å². The van der Waals surface area contributed by atoms with Crippen molar-refractivity contribution >= 4 is 15.9 Å². The third-order valence-corrected chi connectivity index (χ3v) is 4.09. The highest BCUT2D eigenvalue weighted by Crippen LogP contribution is 2.42. The number of aliphatic hydroxyl groups is 1. The van der Waals surface area contributed by atoms with Crippen molar-refractivity contribution in [1.29, 1.82) is 0 Å². The Labute approximate surface area is 114 Å². The summed E-state index contributed by atoms with van der Waals surface area (Å²) in [6, 6.07) is 3.78. The summed E-state index contributed by atoms with van der Waals surface area (Å²) in [5.74, 6) is 1.68. The highest BCUT2D eigenvalue weighted by atomic mass is 79.9. The van der Waals surface area contributed by atoms with Crippen molar-refractivity contribution in [1.82, 2.24) is 0 Å². The summed E-state index contributed by atoms with van der Waals surface area (Å²) in [6.07, 6.45) is 1.32. The molecule has 98 valence electrons. The fourth-order valence-corrected chi connectivity index (χ4v) is 3.04. The van der Waals surface area contributed by atoms with Gasteiger partial charge in [0.25, 0.3) is 0 Å². The van der Waals surface area contributed by atoms with Gasteiger partial charge >= 0.3 is 0 Å². The SMILES string of the molecule is OC(c1cc(Br)c2c(c1)OCO2)C1CCOCC1. The van der Waals surface area contributed by atoms with Crippen molar-refractivity contribution in [3.8, 4) is 11.5 Å². The van der Waals surface area contributed by atoms with E-state index in [4.69, 9.17) is 14.2 Å². The van der Waals surface area contributed by atoms with Gasteiger partial charge in [0.2, 0.25) is 6.79 Å². The molecule has 1 saturated heterocycles. The Balaban J connectivity index is 1.85. The van der Waals surface area contributed by atoms with Crippen LogP contribution < -0.4 is 9.47 Å². The van der Waals surface area contributed by atoms with Gasteiger partial charge in [-0.05, 0) is 52.4 Å². The number of fused-ring (bicyclic) bond motifs is 1. The van der Waals surface area contributed by atoms with Gasteiger partial charge in [0.1, 0.15) is 0 Å². The smallest absolute Gasteiger partial charge is 0.231 e. The Morgan fingerprint density at radius 1 is 1.22 bits per heavy atom. The maximum absolute atomic E-state index is 10.4. The highest BCUT2D eigenvalue weighted by Gasteiger charge is 2.26. The summed E-state index contributed by atoms with van der Waals surface area (Å²) in [4.78, 5) is 0. The van der Waals surface area contributed by atoms with Gasteiger partial charge in [-0.15, -0.1) is 0 Å². The monoisotopic (exact) mass is 314 g/mol. The van der Waals surface area contributed by atoms with Gasteiger partial charge in [0.05, 0.1) is 10.6 Å². The van der Waals surface area contributed by atoms with Gasteiger partial charge in [-0.1, -0.05) is 0 Å². The lowest BCUT2D eigenvalue weighted by Crippen LogP contribution is -2.21. The first-order valence-electron chi connectivity index (χ1n) is 6.10. The lowest BCUT2D eigenvalue weighted by Gasteiger charge is -2.27. The fourth-order valence-electron chi connectivity index (χ4n) is 2.46. The Morgan fingerprint density at radius 3 is 2.78 bits per heavy atom. The first kappa shape index (κ1) is 12.3. The van der Waals surface area contributed by atoms with Crippen LogP contribution in [0.1, 0.15) is 24.5 Å². The summed E-state index contributed by atoms with van der Waals surface area (Å²) >= 11 is 3.45. The number of halogens is 1. The van der Waals surface area contributed by atoms with E-state index in [-0.39, 0.29) is 12.7 Å². The molecule has 0 aliphatic carbocycles. The maximum atomic E-state index is 10.4. The molecule has 0 bridgehead atoms. The van der Waals surface area contributed by atoms with Crippen LogP contribution in [0.3, 0.4) is 0 Å². The number of aliphatic hydroxyl groups excluding tert-OH is 1. The van der Waals surface area contributed by atoms with E-state index in [2.05, 4.69) is 15.9 Å². The van der Waals surface area contributed by atoms with Crippen LogP contribution in [0.4, 0.5) is 0 Å². The number of benzene rings is 1. The molecule has 0 saturated carbocycles. The molecule has 1 aromatic rings.